The summed E-state index contributed by atoms with van der Waals surface area (Å²) in [7, 11) is 0. The van der Waals surface area contributed by atoms with Crippen LogP contribution < -0.4 is 4.90 Å². The quantitative estimate of drug-likeness (QED) is 0.237. The Morgan fingerprint density at radius 2 is 1.76 bits per heavy atom. The van der Waals surface area contributed by atoms with Gasteiger partial charge in [0.2, 0.25) is 0 Å². The van der Waals surface area contributed by atoms with Gasteiger partial charge in [-0.15, -0.1) is 0 Å². The Kier molecular flexibility index (Phi) is 6.39. The van der Waals surface area contributed by atoms with Gasteiger partial charge in [-0.1, -0.05) is 17.4 Å². The summed E-state index contributed by atoms with van der Waals surface area (Å²) in [6.45, 7) is -0.0852. The zero-order valence-electron chi connectivity index (χ0n) is 20.5. The molecule has 3 N–H and O–H groups in total. The molecule has 2 aliphatic heterocycles. The third-order valence-electron chi connectivity index (χ3n) is 7.79. The number of aromatic nitrogens is 1. The number of nitrogens with one attached hydrogen (secondary N) is 1. The molecule has 2 saturated heterocycles. The van der Waals surface area contributed by atoms with Crippen molar-refractivity contribution in [3.8, 4) is 0 Å². The van der Waals surface area contributed by atoms with Gasteiger partial charge in [0.15, 0.2) is 5.13 Å². The van der Waals surface area contributed by atoms with E-state index in [0.717, 1.165) is 66.0 Å². The zero-order valence-corrected chi connectivity index (χ0v) is 21.3. The maximum atomic E-state index is 14.4. The predicted octanol–water partition coefficient (Wildman–Crippen LogP) is 6.08. The first-order valence-corrected chi connectivity index (χ1v) is 13.6. The van der Waals surface area contributed by atoms with Crippen molar-refractivity contribution >= 4 is 38.4 Å². The normalized spacial score (nSPS) is 23.5. The van der Waals surface area contributed by atoms with Crippen LogP contribution in [0.3, 0.4) is 0 Å². The van der Waals surface area contributed by atoms with Gasteiger partial charge in [0.05, 0.1) is 39.8 Å². The number of aliphatic hydroxyl groups is 1. The number of piperidine rings is 1. The second kappa shape index (κ2) is 9.74. The third-order valence-corrected chi connectivity index (χ3v) is 8.82. The van der Waals surface area contributed by atoms with Crippen LogP contribution in [0.4, 0.5) is 13.9 Å². The number of hydrogen-bond acceptors (Lipinski definition) is 7. The van der Waals surface area contributed by atoms with Gasteiger partial charge in [0.25, 0.3) is 0 Å². The van der Waals surface area contributed by atoms with Gasteiger partial charge in [0.1, 0.15) is 17.4 Å². The van der Waals surface area contributed by atoms with Gasteiger partial charge in [0, 0.05) is 23.6 Å². The number of hydrogen-bond donors (Lipinski definition) is 3. The van der Waals surface area contributed by atoms with E-state index in [1.165, 1.54) is 17.4 Å². The van der Waals surface area contributed by atoms with Gasteiger partial charge < -0.3 is 19.8 Å². The van der Waals surface area contributed by atoms with Crippen molar-refractivity contribution in [1.82, 2.24) is 4.98 Å². The molecule has 0 radical (unpaired) electrons. The van der Waals surface area contributed by atoms with Crippen LogP contribution >= 0.6 is 11.3 Å². The van der Waals surface area contributed by atoms with E-state index in [-0.39, 0.29) is 53.3 Å². The molecule has 2 aromatic carbocycles. The van der Waals surface area contributed by atoms with Crippen LogP contribution in [0.25, 0.3) is 10.2 Å². The third kappa shape index (κ3) is 4.56. The molecule has 0 amide bonds. The van der Waals surface area contributed by atoms with E-state index in [4.69, 9.17) is 15.1 Å². The number of benzene rings is 2. The molecule has 3 aromatic rings. The highest BCUT2D eigenvalue weighted by atomic mass is 32.1. The van der Waals surface area contributed by atoms with Gasteiger partial charge in [-0.25, -0.2) is 18.6 Å². The average Bonchev–Trinajstić information content (AvgIpc) is 3.59. The topological polar surface area (TPSA) is 107 Å². The van der Waals surface area contributed by atoms with Crippen LogP contribution in [0, 0.1) is 23.0 Å². The maximum Gasteiger partial charge on any atom is 0.335 e. The van der Waals surface area contributed by atoms with Crippen molar-refractivity contribution in [2.75, 3.05) is 11.5 Å². The molecular formula is C28H27F2N3O4S. The molecule has 1 aliphatic carbocycles. The van der Waals surface area contributed by atoms with E-state index in [0.29, 0.717) is 0 Å². The number of halogens is 2. The summed E-state index contributed by atoms with van der Waals surface area (Å²) in [5.41, 5.74) is 0.335. The van der Waals surface area contributed by atoms with E-state index >= 15 is 0 Å². The van der Waals surface area contributed by atoms with Crippen LogP contribution in [-0.4, -0.2) is 51.7 Å². The molecule has 10 heteroatoms. The molecule has 3 heterocycles. The Morgan fingerprint density at radius 3 is 2.39 bits per heavy atom. The van der Waals surface area contributed by atoms with Gasteiger partial charge in [-0.3, -0.25) is 5.41 Å². The molecule has 2 bridgehead atoms. The van der Waals surface area contributed by atoms with Gasteiger partial charge in [-0.2, -0.15) is 0 Å². The molecule has 198 valence electrons. The summed E-state index contributed by atoms with van der Waals surface area (Å²) in [6.07, 6.45) is 4.84. The van der Waals surface area contributed by atoms with E-state index in [1.54, 1.807) is 18.2 Å². The molecule has 3 aliphatic rings. The lowest BCUT2D eigenvalue weighted by Gasteiger charge is -2.38. The van der Waals surface area contributed by atoms with E-state index in [9.17, 15) is 23.8 Å². The van der Waals surface area contributed by atoms with Crippen LogP contribution in [0.1, 0.15) is 54.4 Å². The minimum absolute atomic E-state index is 0.00623. The minimum Gasteiger partial charge on any atom is -0.512 e. The van der Waals surface area contributed by atoms with Crippen molar-refractivity contribution in [3.05, 3.63) is 70.5 Å². The Bertz CT molecular complexity index is 1430. The number of carbonyl (C=O) groups is 1. The summed E-state index contributed by atoms with van der Waals surface area (Å²) in [4.78, 5) is 18.4. The predicted molar refractivity (Wildman–Crippen MR) is 140 cm³/mol. The summed E-state index contributed by atoms with van der Waals surface area (Å²) in [6, 6.07) is 8.83. The fourth-order valence-corrected chi connectivity index (χ4v) is 6.85. The molecular weight excluding hydrogens is 512 g/mol. The molecule has 6 rings (SSSR count). The van der Waals surface area contributed by atoms with Gasteiger partial charge in [-0.05, 0) is 68.9 Å². The van der Waals surface area contributed by atoms with Gasteiger partial charge >= 0.3 is 5.97 Å². The van der Waals surface area contributed by atoms with Crippen LogP contribution in [0.15, 0.2) is 47.7 Å². The minimum atomic E-state index is -0.966. The first-order valence-electron chi connectivity index (χ1n) is 12.8. The number of allylic oxidation sites excluding steroid dienone is 1. The number of thiazole rings is 1. The lowest BCUT2D eigenvalue weighted by Crippen LogP contribution is -2.45. The highest BCUT2D eigenvalue weighted by molar-refractivity contribution is 7.22. The Labute approximate surface area is 221 Å². The second-order valence-electron chi connectivity index (χ2n) is 10.3. The Hall–Kier alpha value is -3.37. The van der Waals surface area contributed by atoms with Crippen molar-refractivity contribution in [3.63, 3.8) is 0 Å². The number of aliphatic hydroxyl groups excluding tert-OH is 1. The molecule has 38 heavy (non-hydrogen) atoms. The fourth-order valence-electron chi connectivity index (χ4n) is 5.70. The standard InChI is InChI=1S/C28H27F2N3O4S/c29-20-2-1-3-21(30)24(20)25(31)19(26(34)14-4-5-14)13-37-18-11-16-7-8-17(12-18)33(16)28-32-22-9-6-15(27(35)36)10-23(22)38-28/h1-3,6,9-10,14,16-18,31,34H,4-5,7-8,11-13H2,(H,35,36)/b26-19-,31-25?/t16-,17?,18?/m0/s1. The van der Waals surface area contributed by atoms with Crippen molar-refractivity contribution < 1.29 is 28.5 Å². The first kappa shape index (κ1) is 24.9. The van der Waals surface area contributed by atoms with Crippen molar-refractivity contribution in [2.24, 2.45) is 5.92 Å². The second-order valence-corrected chi connectivity index (χ2v) is 11.3. The lowest BCUT2D eigenvalue weighted by molar-refractivity contribution is 0.0410. The number of rotatable bonds is 8. The maximum absolute atomic E-state index is 14.4. The molecule has 7 nitrogen and oxygen atoms in total. The number of nitrogens with zero attached hydrogens (tertiary/aromatic N) is 2. The number of aromatic carboxylic acids is 1. The SMILES string of the molecule is N=C(/C(COC1CC2CC[C@@H](C1)N2c1nc2ccc(C(=O)O)cc2s1)=C(\O)C1CC1)c1c(F)cccc1F. The molecule has 1 aromatic heterocycles. The number of carboxylic acid groups (broad SMARTS) is 1. The summed E-state index contributed by atoms with van der Waals surface area (Å²) in [5, 5.41) is 29.5. The number of fused-ring (bicyclic) bond motifs is 3. The van der Waals surface area contributed by atoms with E-state index in [1.807, 2.05) is 0 Å². The largest absolute Gasteiger partial charge is 0.512 e. The first-order chi connectivity index (χ1) is 18.3. The molecule has 3 atom stereocenters. The Morgan fingerprint density at radius 1 is 1.08 bits per heavy atom. The number of carboxylic acids is 1. The zero-order chi connectivity index (χ0) is 26.6. The highest BCUT2D eigenvalue weighted by Crippen LogP contribution is 2.43. The number of anilines is 1. The monoisotopic (exact) mass is 539 g/mol. The molecule has 0 spiro atoms. The average molecular weight is 540 g/mol. The smallest absolute Gasteiger partial charge is 0.335 e. The highest BCUT2D eigenvalue weighted by Gasteiger charge is 2.43. The van der Waals surface area contributed by atoms with Crippen LogP contribution in [0.5, 0.6) is 0 Å². The van der Waals surface area contributed by atoms with Crippen molar-refractivity contribution in [2.45, 2.75) is 56.7 Å². The summed E-state index contributed by atoms with van der Waals surface area (Å²) >= 11 is 1.49. The molecule has 3 fully saturated rings. The lowest BCUT2D eigenvalue weighted by atomic mass is 9.98. The fraction of sp³-hybridized carbons (Fsp3) is 0.393. The van der Waals surface area contributed by atoms with E-state index < -0.39 is 23.2 Å². The van der Waals surface area contributed by atoms with Crippen LogP contribution in [0.2, 0.25) is 0 Å². The number of ether oxygens (including phenoxy) is 1. The summed E-state index contributed by atoms with van der Waals surface area (Å²) < 4.78 is 35.9. The molecule has 2 unspecified atom stereocenters. The Balaban J connectivity index is 1.18. The van der Waals surface area contributed by atoms with Crippen LogP contribution in [-0.2, 0) is 4.74 Å². The summed E-state index contributed by atoms with van der Waals surface area (Å²) in [5.74, 6) is -2.75. The van der Waals surface area contributed by atoms with Crippen molar-refractivity contribution in [1.29, 1.82) is 5.41 Å². The molecule has 1 saturated carbocycles. The van der Waals surface area contributed by atoms with E-state index in [2.05, 4.69) is 4.90 Å².